The summed E-state index contributed by atoms with van der Waals surface area (Å²) in [7, 11) is 3.09. The lowest BCUT2D eigenvalue weighted by atomic mass is 9.97. The zero-order chi connectivity index (χ0) is 23.8. The molecule has 0 aliphatic heterocycles. The Labute approximate surface area is 192 Å². The fourth-order valence-corrected chi connectivity index (χ4v) is 3.30. The number of anilines is 1. The average molecular weight is 447 g/mol. The predicted molar refractivity (Wildman–Crippen MR) is 127 cm³/mol. The van der Waals surface area contributed by atoms with Gasteiger partial charge in [-0.15, -0.1) is 0 Å². The molecule has 1 unspecified atom stereocenters. The summed E-state index contributed by atoms with van der Waals surface area (Å²) in [6.45, 7) is 0.211. The van der Waals surface area contributed by atoms with Crippen LogP contribution in [0.2, 0.25) is 0 Å². The summed E-state index contributed by atoms with van der Waals surface area (Å²) in [5.74, 6) is -0.889. The first kappa shape index (κ1) is 23.3. The Morgan fingerprint density at radius 2 is 1.58 bits per heavy atom. The number of nitrogen functional groups attached to an aromatic ring is 1. The molecule has 3 rings (SSSR count). The quantitative estimate of drug-likeness (QED) is 0.228. The molecule has 0 aliphatic rings. The first-order valence-corrected chi connectivity index (χ1v) is 10.2. The highest BCUT2D eigenvalue weighted by Crippen LogP contribution is 2.27. The monoisotopic (exact) mass is 446 g/mol. The number of benzene rings is 3. The Hall–Kier alpha value is -4.33. The van der Waals surface area contributed by atoms with E-state index in [1.807, 2.05) is 12.1 Å². The van der Waals surface area contributed by atoms with Gasteiger partial charge in [0, 0.05) is 17.8 Å². The number of amides is 2. The van der Waals surface area contributed by atoms with Gasteiger partial charge in [0.15, 0.2) is 11.5 Å². The van der Waals surface area contributed by atoms with Gasteiger partial charge in [-0.25, -0.2) is 0 Å². The molecule has 170 valence electrons. The van der Waals surface area contributed by atoms with E-state index in [2.05, 4.69) is 10.6 Å². The minimum atomic E-state index is -1.06. The molecule has 0 aliphatic carbocycles. The van der Waals surface area contributed by atoms with E-state index in [1.165, 1.54) is 0 Å². The van der Waals surface area contributed by atoms with Gasteiger partial charge in [-0.1, -0.05) is 36.4 Å². The number of hydrogen-bond acceptors (Lipinski definition) is 5. The van der Waals surface area contributed by atoms with Crippen molar-refractivity contribution < 1.29 is 19.1 Å². The third-order valence-corrected chi connectivity index (χ3v) is 5.04. The summed E-state index contributed by atoms with van der Waals surface area (Å²) in [6, 6.07) is 20.7. The first-order valence-electron chi connectivity index (χ1n) is 10.2. The normalized spacial score (nSPS) is 11.2. The van der Waals surface area contributed by atoms with E-state index in [0.717, 1.165) is 5.56 Å². The lowest BCUT2D eigenvalue weighted by Gasteiger charge is -2.18. The summed E-state index contributed by atoms with van der Waals surface area (Å²) in [4.78, 5) is 26.2. The minimum absolute atomic E-state index is 0.0652. The maximum atomic E-state index is 13.1. The molecule has 0 bridgehead atoms. The fraction of sp³-hybridized carbons (Fsp3) is 0.160. The van der Waals surface area contributed by atoms with E-state index in [1.54, 1.807) is 74.9 Å². The predicted octanol–water partition coefficient (Wildman–Crippen LogP) is 3.03. The lowest BCUT2D eigenvalue weighted by molar-refractivity contribution is -0.129. The number of nitrogens with one attached hydrogen (secondary N) is 3. The fourth-order valence-electron chi connectivity index (χ4n) is 3.30. The van der Waals surface area contributed by atoms with E-state index < -0.39 is 17.7 Å². The standard InChI is InChI=1S/C25H26N4O4/c1-32-20-13-8-16(14-21(20)33-2)15-28-24(30)22(17-6-4-3-5-7-17)25(31)29-19-11-9-18(10-12-19)23(26)27/h3-14,22H,15H2,1-2H3,(H3,26,27)(H,28,30)(H,29,31). The Morgan fingerprint density at radius 1 is 0.909 bits per heavy atom. The topological polar surface area (TPSA) is 127 Å². The highest BCUT2D eigenvalue weighted by Gasteiger charge is 2.28. The molecule has 0 saturated heterocycles. The van der Waals surface area contributed by atoms with Crippen LogP contribution < -0.4 is 25.8 Å². The molecule has 1 atom stereocenters. The number of carbonyl (C=O) groups excluding carboxylic acids is 2. The van der Waals surface area contributed by atoms with Crippen molar-refractivity contribution in [2.45, 2.75) is 12.5 Å². The van der Waals surface area contributed by atoms with Crippen LogP contribution in [0.25, 0.3) is 0 Å². The van der Waals surface area contributed by atoms with Gasteiger partial charge in [-0.3, -0.25) is 15.0 Å². The highest BCUT2D eigenvalue weighted by molar-refractivity contribution is 6.11. The van der Waals surface area contributed by atoms with Crippen molar-refractivity contribution in [1.82, 2.24) is 5.32 Å². The summed E-state index contributed by atoms with van der Waals surface area (Å²) in [6.07, 6.45) is 0. The van der Waals surface area contributed by atoms with Crippen molar-refractivity contribution in [2.75, 3.05) is 19.5 Å². The van der Waals surface area contributed by atoms with Crippen molar-refractivity contribution in [3.8, 4) is 11.5 Å². The van der Waals surface area contributed by atoms with Gasteiger partial charge in [0.1, 0.15) is 11.8 Å². The molecular formula is C25H26N4O4. The minimum Gasteiger partial charge on any atom is -0.493 e. The zero-order valence-corrected chi connectivity index (χ0v) is 18.4. The Balaban J connectivity index is 1.77. The second kappa shape index (κ2) is 10.8. The first-order chi connectivity index (χ1) is 15.9. The summed E-state index contributed by atoms with van der Waals surface area (Å²) in [5.41, 5.74) is 7.88. The molecule has 0 saturated carbocycles. The number of rotatable bonds is 9. The number of ether oxygens (including phenoxy) is 2. The molecule has 0 spiro atoms. The zero-order valence-electron chi connectivity index (χ0n) is 18.4. The third-order valence-electron chi connectivity index (χ3n) is 5.04. The Bertz CT molecular complexity index is 1130. The van der Waals surface area contributed by atoms with Crippen LogP contribution in [0.4, 0.5) is 5.69 Å². The number of nitrogens with two attached hydrogens (primary N) is 1. The second-order valence-electron chi connectivity index (χ2n) is 7.23. The van der Waals surface area contributed by atoms with Crippen LogP contribution in [-0.2, 0) is 16.1 Å². The van der Waals surface area contributed by atoms with Crippen LogP contribution in [0.15, 0.2) is 72.8 Å². The van der Waals surface area contributed by atoms with Crippen molar-refractivity contribution >= 4 is 23.3 Å². The molecule has 8 nitrogen and oxygen atoms in total. The highest BCUT2D eigenvalue weighted by atomic mass is 16.5. The molecule has 2 amide bonds. The van der Waals surface area contributed by atoms with Crippen LogP contribution >= 0.6 is 0 Å². The van der Waals surface area contributed by atoms with Crippen LogP contribution in [-0.4, -0.2) is 31.9 Å². The molecular weight excluding hydrogens is 420 g/mol. The molecule has 8 heteroatoms. The van der Waals surface area contributed by atoms with E-state index >= 15 is 0 Å². The third kappa shape index (κ3) is 5.88. The van der Waals surface area contributed by atoms with Crippen LogP contribution in [0.5, 0.6) is 11.5 Å². The van der Waals surface area contributed by atoms with Gasteiger partial charge in [0.25, 0.3) is 0 Å². The van der Waals surface area contributed by atoms with Crippen LogP contribution in [0.1, 0.15) is 22.6 Å². The van der Waals surface area contributed by atoms with Crippen molar-refractivity contribution in [3.05, 3.63) is 89.5 Å². The molecule has 33 heavy (non-hydrogen) atoms. The van der Waals surface area contributed by atoms with E-state index in [4.69, 9.17) is 20.6 Å². The number of carbonyl (C=O) groups is 2. The summed E-state index contributed by atoms with van der Waals surface area (Å²) < 4.78 is 10.5. The number of methoxy groups -OCH3 is 2. The smallest absolute Gasteiger partial charge is 0.241 e. The molecule has 3 aromatic rings. The van der Waals surface area contributed by atoms with Gasteiger partial charge < -0.3 is 25.8 Å². The van der Waals surface area contributed by atoms with Crippen LogP contribution in [0, 0.1) is 5.41 Å². The van der Waals surface area contributed by atoms with Crippen molar-refractivity contribution in [2.24, 2.45) is 5.73 Å². The molecule has 0 aromatic heterocycles. The Morgan fingerprint density at radius 3 is 2.18 bits per heavy atom. The van der Waals surface area contributed by atoms with E-state index in [-0.39, 0.29) is 12.4 Å². The Kier molecular flexibility index (Phi) is 7.64. The molecule has 3 aromatic carbocycles. The maximum absolute atomic E-state index is 13.1. The largest absolute Gasteiger partial charge is 0.493 e. The van der Waals surface area contributed by atoms with E-state index in [9.17, 15) is 9.59 Å². The van der Waals surface area contributed by atoms with Gasteiger partial charge in [-0.2, -0.15) is 0 Å². The van der Waals surface area contributed by atoms with Gasteiger partial charge in [0.05, 0.1) is 14.2 Å². The number of amidine groups is 1. The molecule has 0 radical (unpaired) electrons. The molecule has 5 N–H and O–H groups in total. The SMILES string of the molecule is COc1ccc(CNC(=O)C(C(=O)Nc2ccc(C(=N)N)cc2)c2ccccc2)cc1OC. The maximum Gasteiger partial charge on any atom is 0.241 e. The summed E-state index contributed by atoms with van der Waals surface area (Å²) >= 11 is 0. The summed E-state index contributed by atoms with van der Waals surface area (Å²) in [5, 5.41) is 13.1. The van der Waals surface area contributed by atoms with Crippen LogP contribution in [0.3, 0.4) is 0 Å². The van der Waals surface area contributed by atoms with Crippen molar-refractivity contribution in [3.63, 3.8) is 0 Å². The van der Waals surface area contributed by atoms with E-state index in [0.29, 0.717) is 28.3 Å². The van der Waals surface area contributed by atoms with Gasteiger partial charge in [-0.05, 0) is 47.5 Å². The molecule has 0 fully saturated rings. The lowest BCUT2D eigenvalue weighted by Crippen LogP contribution is -2.36. The average Bonchev–Trinajstić information content (AvgIpc) is 2.83. The second-order valence-corrected chi connectivity index (χ2v) is 7.23. The number of hydrogen-bond donors (Lipinski definition) is 4. The van der Waals surface area contributed by atoms with Crippen molar-refractivity contribution in [1.29, 1.82) is 5.41 Å². The van der Waals surface area contributed by atoms with Gasteiger partial charge in [0.2, 0.25) is 11.8 Å². The van der Waals surface area contributed by atoms with Gasteiger partial charge >= 0.3 is 0 Å². The molecule has 0 heterocycles.